The Labute approximate surface area is 108 Å². The zero-order valence-corrected chi connectivity index (χ0v) is 11.9. The fraction of sp³-hybridized carbons (Fsp3) is 0.833. The van der Waals surface area contributed by atoms with Crippen molar-refractivity contribution in [1.29, 1.82) is 0 Å². The number of carboxylic acid groups (broad SMARTS) is 1. The second-order valence-electron chi connectivity index (χ2n) is 5.24. The van der Waals surface area contributed by atoms with Crippen molar-refractivity contribution in [2.24, 2.45) is 5.92 Å². The van der Waals surface area contributed by atoms with E-state index in [0.29, 0.717) is 6.42 Å². The number of nitrogens with zero attached hydrogens (tertiary/aromatic N) is 1. The minimum Gasteiger partial charge on any atom is -0.530 e. The van der Waals surface area contributed by atoms with Gasteiger partial charge in [0.2, 0.25) is 0 Å². The number of halogens is 1. The first-order valence-corrected chi connectivity index (χ1v) is 6.29. The first-order valence-electron chi connectivity index (χ1n) is 5.75. The number of carbonyl (C=O) groups is 2. The SMILES string of the molecule is CC[C@H](C)[C@@H](C(=O)CCl)N(C(=O)[O-])C(C)(C)C. The summed E-state index contributed by atoms with van der Waals surface area (Å²) in [4.78, 5) is 24.2. The molecule has 0 aromatic rings. The molecule has 0 aliphatic rings. The Morgan fingerprint density at radius 1 is 1.35 bits per heavy atom. The molecule has 0 aliphatic heterocycles. The van der Waals surface area contributed by atoms with Crippen LogP contribution in [0.25, 0.3) is 0 Å². The molecule has 0 aromatic heterocycles. The van der Waals surface area contributed by atoms with E-state index in [2.05, 4.69) is 0 Å². The Morgan fingerprint density at radius 2 is 1.82 bits per heavy atom. The number of alkyl halides is 1. The summed E-state index contributed by atoms with van der Waals surface area (Å²) in [7, 11) is 0. The summed E-state index contributed by atoms with van der Waals surface area (Å²) < 4.78 is 0. The second-order valence-corrected chi connectivity index (χ2v) is 5.50. The number of ketones is 1. The third-order valence-corrected chi connectivity index (χ3v) is 3.11. The van der Waals surface area contributed by atoms with E-state index in [4.69, 9.17) is 11.6 Å². The molecule has 100 valence electrons. The molecule has 0 saturated carbocycles. The van der Waals surface area contributed by atoms with Gasteiger partial charge in [-0.3, -0.25) is 4.79 Å². The van der Waals surface area contributed by atoms with Crippen LogP contribution in [-0.2, 0) is 4.79 Å². The molecule has 0 radical (unpaired) electrons. The van der Waals surface area contributed by atoms with Gasteiger partial charge in [-0.2, -0.15) is 0 Å². The van der Waals surface area contributed by atoms with E-state index in [1.165, 1.54) is 0 Å². The van der Waals surface area contributed by atoms with Crippen molar-refractivity contribution in [3.8, 4) is 0 Å². The van der Waals surface area contributed by atoms with Crippen molar-refractivity contribution in [2.75, 3.05) is 5.88 Å². The van der Waals surface area contributed by atoms with Crippen LogP contribution >= 0.6 is 11.6 Å². The molecule has 0 bridgehead atoms. The van der Waals surface area contributed by atoms with E-state index in [0.717, 1.165) is 4.90 Å². The van der Waals surface area contributed by atoms with Crippen LogP contribution in [-0.4, -0.2) is 34.2 Å². The predicted octanol–water partition coefficient (Wildman–Crippen LogP) is 1.65. The molecule has 1 amide bonds. The molecule has 5 heteroatoms. The Balaban J connectivity index is 5.38. The fourth-order valence-corrected chi connectivity index (χ4v) is 1.98. The molecule has 0 N–H and O–H groups in total. The first kappa shape index (κ1) is 16.2. The molecule has 0 aliphatic carbocycles. The van der Waals surface area contributed by atoms with Gasteiger partial charge in [-0.1, -0.05) is 20.3 Å². The monoisotopic (exact) mass is 262 g/mol. The maximum absolute atomic E-state index is 11.8. The average Bonchev–Trinajstić information content (AvgIpc) is 2.21. The minimum atomic E-state index is -1.33. The van der Waals surface area contributed by atoms with Crippen molar-refractivity contribution < 1.29 is 14.7 Å². The van der Waals surface area contributed by atoms with E-state index in [-0.39, 0.29) is 17.6 Å². The van der Waals surface area contributed by atoms with E-state index in [9.17, 15) is 14.7 Å². The lowest BCUT2D eigenvalue weighted by Gasteiger charge is -2.45. The Kier molecular flexibility index (Phi) is 5.96. The van der Waals surface area contributed by atoms with Crippen LogP contribution in [0.2, 0.25) is 0 Å². The largest absolute Gasteiger partial charge is 0.530 e. The standard InChI is InChI=1S/C12H22ClNO3/c1-6-8(2)10(9(15)7-13)14(11(16)17)12(3,4)5/h8,10H,6-7H2,1-5H3,(H,16,17)/p-1/t8-,10-/m0/s1. The third-order valence-electron chi connectivity index (χ3n) is 2.84. The molecule has 0 spiro atoms. The van der Waals surface area contributed by atoms with Crippen LogP contribution in [0.1, 0.15) is 41.0 Å². The number of carbonyl (C=O) groups excluding carboxylic acids is 2. The van der Waals surface area contributed by atoms with Gasteiger partial charge in [-0.15, -0.1) is 11.6 Å². The Hall–Kier alpha value is -0.770. The van der Waals surface area contributed by atoms with Gasteiger partial charge in [0.15, 0.2) is 5.78 Å². The van der Waals surface area contributed by atoms with Crippen molar-refractivity contribution in [1.82, 2.24) is 4.90 Å². The smallest absolute Gasteiger partial charge is 0.170 e. The summed E-state index contributed by atoms with van der Waals surface area (Å²) in [5, 5.41) is 11.2. The topological polar surface area (TPSA) is 60.4 Å². The molecule has 2 atom stereocenters. The van der Waals surface area contributed by atoms with Gasteiger partial charge in [0, 0.05) is 5.54 Å². The molecule has 0 unspecified atom stereocenters. The van der Waals surface area contributed by atoms with E-state index >= 15 is 0 Å². The average molecular weight is 263 g/mol. The Morgan fingerprint density at radius 3 is 2.06 bits per heavy atom. The van der Waals surface area contributed by atoms with Gasteiger partial charge in [-0.05, 0) is 26.7 Å². The van der Waals surface area contributed by atoms with Crippen LogP contribution in [0.15, 0.2) is 0 Å². The molecule has 0 heterocycles. The van der Waals surface area contributed by atoms with Gasteiger partial charge in [0.25, 0.3) is 0 Å². The normalized spacial score (nSPS) is 15.2. The lowest BCUT2D eigenvalue weighted by Crippen LogP contribution is -2.60. The summed E-state index contributed by atoms with van der Waals surface area (Å²) in [6.45, 7) is 8.96. The second kappa shape index (κ2) is 6.24. The van der Waals surface area contributed by atoms with Crippen molar-refractivity contribution >= 4 is 23.5 Å². The summed E-state index contributed by atoms with van der Waals surface area (Å²) in [6, 6.07) is -0.734. The van der Waals surface area contributed by atoms with Gasteiger partial charge in [0.05, 0.1) is 11.9 Å². The Bertz CT molecular complexity index is 286. The summed E-state index contributed by atoms with van der Waals surface area (Å²) >= 11 is 5.56. The zero-order valence-electron chi connectivity index (χ0n) is 11.1. The predicted molar refractivity (Wildman–Crippen MR) is 66.0 cm³/mol. The first-order chi connectivity index (χ1) is 7.66. The minimum absolute atomic E-state index is 0.0848. The number of rotatable bonds is 5. The third kappa shape index (κ3) is 4.19. The van der Waals surface area contributed by atoms with Crippen molar-refractivity contribution in [3.05, 3.63) is 0 Å². The van der Waals surface area contributed by atoms with Crippen LogP contribution in [0.3, 0.4) is 0 Å². The van der Waals surface area contributed by atoms with Crippen molar-refractivity contribution in [2.45, 2.75) is 52.6 Å². The van der Waals surface area contributed by atoms with Gasteiger partial charge >= 0.3 is 0 Å². The molecule has 0 aromatic carbocycles. The molecule has 0 rings (SSSR count). The van der Waals surface area contributed by atoms with Crippen LogP contribution in [0.4, 0.5) is 4.79 Å². The lowest BCUT2D eigenvalue weighted by atomic mass is 9.91. The van der Waals surface area contributed by atoms with Crippen LogP contribution in [0.5, 0.6) is 0 Å². The van der Waals surface area contributed by atoms with Crippen LogP contribution in [0, 0.1) is 5.92 Å². The summed E-state index contributed by atoms with van der Waals surface area (Å²) in [5.41, 5.74) is -0.686. The van der Waals surface area contributed by atoms with E-state index < -0.39 is 17.7 Å². The maximum Gasteiger partial charge on any atom is 0.170 e. The number of amides is 1. The molecular weight excluding hydrogens is 242 g/mol. The van der Waals surface area contributed by atoms with Gasteiger partial charge in [0.1, 0.15) is 6.09 Å². The molecular formula is C12H21ClNO3-. The van der Waals surface area contributed by atoms with Gasteiger partial charge in [-0.25, -0.2) is 0 Å². The number of Topliss-reactive ketones (excluding diaryl/α,β-unsaturated/α-hetero) is 1. The lowest BCUT2D eigenvalue weighted by molar-refractivity contribution is -0.274. The maximum atomic E-state index is 11.8. The summed E-state index contributed by atoms with van der Waals surface area (Å²) in [6.07, 6.45) is -0.631. The molecule has 0 saturated heterocycles. The fourth-order valence-electron chi connectivity index (χ4n) is 1.82. The quantitative estimate of drug-likeness (QED) is 0.708. The highest BCUT2D eigenvalue weighted by Crippen LogP contribution is 2.24. The number of hydrogen-bond donors (Lipinski definition) is 0. The van der Waals surface area contributed by atoms with Crippen LogP contribution < -0.4 is 5.11 Å². The molecule has 4 nitrogen and oxygen atoms in total. The molecule has 0 fully saturated rings. The highest BCUT2D eigenvalue weighted by molar-refractivity contribution is 6.28. The van der Waals surface area contributed by atoms with E-state index in [1.807, 2.05) is 13.8 Å². The zero-order chi connectivity index (χ0) is 13.8. The highest BCUT2D eigenvalue weighted by atomic mass is 35.5. The molecule has 17 heavy (non-hydrogen) atoms. The summed E-state index contributed by atoms with van der Waals surface area (Å²) in [5.74, 6) is -0.548. The van der Waals surface area contributed by atoms with E-state index in [1.54, 1.807) is 20.8 Å². The van der Waals surface area contributed by atoms with Gasteiger partial charge < -0.3 is 14.8 Å². The van der Waals surface area contributed by atoms with Crippen molar-refractivity contribution in [3.63, 3.8) is 0 Å². The highest BCUT2D eigenvalue weighted by Gasteiger charge is 2.36. The number of hydrogen-bond acceptors (Lipinski definition) is 3.